The maximum absolute atomic E-state index is 6.14. The largest absolute Gasteiger partial charge is 0.338 e. The summed E-state index contributed by atoms with van der Waals surface area (Å²) in [7, 11) is 0. The maximum atomic E-state index is 6.14. The van der Waals surface area contributed by atoms with Crippen molar-refractivity contribution in [2.24, 2.45) is 0 Å². The minimum absolute atomic E-state index is 0.207. The summed E-state index contributed by atoms with van der Waals surface area (Å²) in [6.07, 6.45) is 4.77. The lowest BCUT2D eigenvalue weighted by Crippen LogP contribution is -2.20. The van der Waals surface area contributed by atoms with Crippen LogP contribution in [0, 0.1) is 0 Å². The van der Waals surface area contributed by atoms with Gasteiger partial charge < -0.3 is 9.84 Å². The van der Waals surface area contributed by atoms with Gasteiger partial charge in [0.25, 0.3) is 0 Å². The monoisotopic (exact) mass is 323 g/mol. The summed E-state index contributed by atoms with van der Waals surface area (Å²) < 4.78 is 5.41. The molecule has 0 spiro atoms. The van der Waals surface area contributed by atoms with E-state index < -0.39 is 0 Å². The number of aromatic nitrogens is 2. The Bertz CT molecular complexity index is 582. The van der Waals surface area contributed by atoms with Gasteiger partial charge in [0.15, 0.2) is 5.82 Å². The first kappa shape index (κ1) is 14.9. The average molecular weight is 324 g/mol. The Morgan fingerprint density at radius 2 is 2.19 bits per heavy atom. The zero-order chi connectivity index (χ0) is 14.5. The van der Waals surface area contributed by atoms with E-state index in [0.717, 1.165) is 28.7 Å². The van der Waals surface area contributed by atoms with Gasteiger partial charge in [-0.15, -0.1) is 11.8 Å². The molecular formula is C15H18ClN3OS. The van der Waals surface area contributed by atoms with Gasteiger partial charge in [-0.1, -0.05) is 41.7 Å². The van der Waals surface area contributed by atoms with E-state index in [0.29, 0.717) is 11.6 Å². The number of benzene rings is 1. The topological polar surface area (TPSA) is 51.0 Å². The van der Waals surface area contributed by atoms with Crippen molar-refractivity contribution in [2.75, 3.05) is 6.54 Å². The Morgan fingerprint density at radius 3 is 3.10 bits per heavy atom. The second-order valence-corrected chi connectivity index (χ2v) is 6.55. The molecule has 112 valence electrons. The highest BCUT2D eigenvalue weighted by atomic mass is 35.5. The molecule has 0 amide bonds. The Kier molecular flexibility index (Phi) is 5.17. The lowest BCUT2D eigenvalue weighted by atomic mass is 10.1. The second-order valence-electron chi connectivity index (χ2n) is 5.12. The standard InChI is InChI=1S/C15H18ClN3OS/c16-11-6-3-4-8-13(11)21-10-14-18-15(20-19-14)12-7-2-1-5-9-17-12/h3-4,6,8,12,17H,1-2,5,7,9-10H2. The molecule has 2 aromatic rings. The first-order valence-corrected chi connectivity index (χ1v) is 8.62. The van der Waals surface area contributed by atoms with Crippen LogP contribution < -0.4 is 5.32 Å². The quantitative estimate of drug-likeness (QED) is 0.854. The molecule has 1 N–H and O–H groups in total. The van der Waals surface area contributed by atoms with Crippen molar-refractivity contribution in [3.8, 4) is 0 Å². The normalized spacial score (nSPS) is 19.4. The van der Waals surface area contributed by atoms with Gasteiger partial charge in [-0.25, -0.2) is 0 Å². The van der Waals surface area contributed by atoms with E-state index in [1.54, 1.807) is 11.8 Å². The van der Waals surface area contributed by atoms with E-state index in [9.17, 15) is 0 Å². The van der Waals surface area contributed by atoms with Gasteiger partial charge in [-0.3, -0.25) is 0 Å². The number of thioether (sulfide) groups is 1. The van der Waals surface area contributed by atoms with Crippen molar-refractivity contribution < 1.29 is 4.52 Å². The lowest BCUT2D eigenvalue weighted by Gasteiger charge is -2.09. The van der Waals surface area contributed by atoms with Crippen LogP contribution in [0.15, 0.2) is 33.7 Å². The molecule has 1 aromatic carbocycles. The first-order valence-electron chi connectivity index (χ1n) is 7.26. The van der Waals surface area contributed by atoms with Crippen molar-refractivity contribution >= 4 is 23.4 Å². The van der Waals surface area contributed by atoms with Crippen molar-refractivity contribution in [3.05, 3.63) is 41.0 Å². The van der Waals surface area contributed by atoms with Gasteiger partial charge >= 0.3 is 0 Å². The van der Waals surface area contributed by atoms with E-state index in [4.69, 9.17) is 16.1 Å². The van der Waals surface area contributed by atoms with Crippen LogP contribution in [0.4, 0.5) is 0 Å². The van der Waals surface area contributed by atoms with Crippen LogP contribution in [0.5, 0.6) is 0 Å². The number of hydrogen-bond acceptors (Lipinski definition) is 5. The van der Waals surface area contributed by atoms with Crippen LogP contribution >= 0.6 is 23.4 Å². The summed E-state index contributed by atoms with van der Waals surface area (Å²) in [5.74, 6) is 2.10. The predicted octanol–water partition coefficient (Wildman–Crippen LogP) is 4.22. The molecule has 1 saturated heterocycles. The van der Waals surface area contributed by atoms with E-state index in [1.807, 2.05) is 24.3 Å². The summed E-state index contributed by atoms with van der Waals surface area (Å²) in [5, 5.41) is 8.31. The van der Waals surface area contributed by atoms with Crippen molar-refractivity contribution in [1.82, 2.24) is 15.5 Å². The molecule has 6 heteroatoms. The number of halogens is 1. The minimum atomic E-state index is 0.207. The summed E-state index contributed by atoms with van der Waals surface area (Å²) in [6.45, 7) is 1.02. The molecule has 1 atom stereocenters. The first-order chi connectivity index (χ1) is 10.3. The molecule has 21 heavy (non-hydrogen) atoms. The second kappa shape index (κ2) is 7.29. The molecule has 1 fully saturated rings. The molecule has 1 aromatic heterocycles. The number of rotatable bonds is 4. The summed E-state index contributed by atoms with van der Waals surface area (Å²) in [4.78, 5) is 5.56. The maximum Gasteiger partial charge on any atom is 0.243 e. The van der Waals surface area contributed by atoms with Crippen LogP contribution in [0.2, 0.25) is 5.02 Å². The zero-order valence-electron chi connectivity index (χ0n) is 11.7. The molecule has 4 nitrogen and oxygen atoms in total. The molecule has 2 heterocycles. The molecule has 1 aliphatic heterocycles. The van der Waals surface area contributed by atoms with Gasteiger partial charge in [0, 0.05) is 4.90 Å². The van der Waals surface area contributed by atoms with E-state index in [2.05, 4.69) is 15.5 Å². The summed E-state index contributed by atoms with van der Waals surface area (Å²) in [6, 6.07) is 8.00. The van der Waals surface area contributed by atoms with Gasteiger partial charge in [-0.2, -0.15) is 4.98 Å². The lowest BCUT2D eigenvalue weighted by molar-refractivity contribution is 0.325. The van der Waals surface area contributed by atoms with Crippen LogP contribution in [-0.2, 0) is 5.75 Å². The van der Waals surface area contributed by atoms with Crippen LogP contribution in [0.1, 0.15) is 43.4 Å². The third kappa shape index (κ3) is 3.99. The highest BCUT2D eigenvalue weighted by Gasteiger charge is 2.20. The van der Waals surface area contributed by atoms with Crippen LogP contribution in [0.25, 0.3) is 0 Å². The molecule has 0 saturated carbocycles. The van der Waals surface area contributed by atoms with E-state index >= 15 is 0 Å². The van der Waals surface area contributed by atoms with E-state index in [-0.39, 0.29) is 6.04 Å². The van der Waals surface area contributed by atoms with Crippen LogP contribution in [-0.4, -0.2) is 16.7 Å². The van der Waals surface area contributed by atoms with Gasteiger partial charge in [0.1, 0.15) is 0 Å². The highest BCUT2D eigenvalue weighted by Crippen LogP contribution is 2.29. The molecule has 0 bridgehead atoms. The Morgan fingerprint density at radius 1 is 1.29 bits per heavy atom. The fourth-order valence-corrected chi connectivity index (χ4v) is 3.49. The summed E-state index contributed by atoms with van der Waals surface area (Å²) >= 11 is 7.77. The Balaban J connectivity index is 1.61. The number of nitrogens with zero attached hydrogens (tertiary/aromatic N) is 2. The van der Waals surface area contributed by atoms with Gasteiger partial charge in [-0.05, 0) is 31.5 Å². The minimum Gasteiger partial charge on any atom is -0.338 e. The Labute approximate surface area is 133 Å². The molecule has 3 rings (SSSR count). The third-order valence-corrected chi connectivity index (χ3v) is 5.05. The van der Waals surface area contributed by atoms with Crippen molar-refractivity contribution in [2.45, 2.75) is 42.4 Å². The zero-order valence-corrected chi connectivity index (χ0v) is 13.3. The fourth-order valence-electron chi connectivity index (χ4n) is 2.41. The van der Waals surface area contributed by atoms with Crippen molar-refractivity contribution in [3.63, 3.8) is 0 Å². The molecule has 0 aliphatic carbocycles. The molecule has 0 radical (unpaired) electrons. The SMILES string of the molecule is Clc1ccccc1SCc1noc(C2CCCCCN2)n1. The van der Waals surface area contributed by atoms with E-state index in [1.165, 1.54) is 19.3 Å². The van der Waals surface area contributed by atoms with Gasteiger partial charge in [0.2, 0.25) is 5.89 Å². The smallest absolute Gasteiger partial charge is 0.243 e. The van der Waals surface area contributed by atoms with Crippen LogP contribution in [0.3, 0.4) is 0 Å². The van der Waals surface area contributed by atoms with Crippen molar-refractivity contribution in [1.29, 1.82) is 0 Å². The number of nitrogens with one attached hydrogen (secondary N) is 1. The molecule has 1 unspecified atom stereocenters. The van der Waals surface area contributed by atoms with Gasteiger partial charge in [0.05, 0.1) is 16.8 Å². The molecule has 1 aliphatic rings. The predicted molar refractivity (Wildman–Crippen MR) is 84.5 cm³/mol. The Hall–Kier alpha value is -1.04. The highest BCUT2D eigenvalue weighted by molar-refractivity contribution is 7.98. The fraction of sp³-hybridized carbons (Fsp3) is 0.467. The average Bonchev–Trinajstić information content (AvgIpc) is 2.80. The summed E-state index contributed by atoms with van der Waals surface area (Å²) in [5.41, 5.74) is 0. The number of hydrogen-bond donors (Lipinski definition) is 1. The third-order valence-electron chi connectivity index (χ3n) is 3.54. The molecular weight excluding hydrogens is 306 g/mol.